The molecule has 1 aliphatic rings. The Morgan fingerprint density at radius 2 is 0.974 bits per heavy atom. The van der Waals surface area contributed by atoms with Crippen LogP contribution in [-0.4, -0.2) is 0 Å². The molecule has 0 saturated heterocycles. The molecule has 0 unspecified atom stereocenters. The van der Waals surface area contributed by atoms with Gasteiger partial charge in [0.2, 0.25) is 0 Å². The van der Waals surface area contributed by atoms with Gasteiger partial charge in [-0.15, -0.1) is 0 Å². The average molecular weight is 497 g/mol. The van der Waals surface area contributed by atoms with E-state index in [4.69, 9.17) is 0 Å². The molecule has 0 aromatic heterocycles. The van der Waals surface area contributed by atoms with Gasteiger partial charge in [-0.3, -0.25) is 0 Å². The van der Waals surface area contributed by atoms with Gasteiger partial charge >= 0.3 is 0 Å². The highest BCUT2D eigenvalue weighted by Gasteiger charge is 2.35. The normalized spacial score (nSPS) is 14.3. The van der Waals surface area contributed by atoms with Crippen LogP contribution in [0.1, 0.15) is 30.5 Å². The summed E-state index contributed by atoms with van der Waals surface area (Å²) in [5.74, 6) is 0. The molecule has 0 heteroatoms. The van der Waals surface area contributed by atoms with Crippen molar-refractivity contribution < 1.29 is 0 Å². The van der Waals surface area contributed by atoms with Crippen molar-refractivity contribution in [1.29, 1.82) is 0 Å². The molecule has 0 bridgehead atoms. The summed E-state index contributed by atoms with van der Waals surface area (Å²) in [7, 11) is 0. The van der Waals surface area contributed by atoms with E-state index in [0.717, 1.165) is 0 Å². The number of allylic oxidation sites excluding steroid dienone is 1. The second-order valence-corrected chi connectivity index (χ2v) is 11.3. The topological polar surface area (TPSA) is 0 Å². The fraction of sp³-hybridized carbons (Fsp3) is 0.0769. The molecule has 0 nitrogen and oxygen atoms in total. The van der Waals surface area contributed by atoms with Crippen molar-refractivity contribution in [2.24, 2.45) is 0 Å². The Balaban J connectivity index is 1.54. The lowest BCUT2D eigenvalue weighted by atomic mass is 9.75. The lowest BCUT2D eigenvalue weighted by Gasteiger charge is -2.28. The largest absolute Gasteiger partial charge is 0.0619 e. The van der Waals surface area contributed by atoms with Crippen LogP contribution in [0.3, 0.4) is 0 Å². The van der Waals surface area contributed by atoms with Gasteiger partial charge in [0.05, 0.1) is 0 Å². The van der Waals surface area contributed by atoms with Crippen molar-refractivity contribution in [2.45, 2.75) is 19.3 Å². The maximum absolute atomic E-state index is 2.43. The van der Waals surface area contributed by atoms with Gasteiger partial charge in [0.1, 0.15) is 0 Å². The van der Waals surface area contributed by atoms with Gasteiger partial charge in [-0.1, -0.05) is 141 Å². The van der Waals surface area contributed by atoms with Crippen molar-refractivity contribution in [3.8, 4) is 11.1 Å². The maximum Gasteiger partial charge on any atom is 0.0159 e. The first-order valence-corrected chi connectivity index (χ1v) is 13.8. The van der Waals surface area contributed by atoms with E-state index in [0.29, 0.717) is 0 Å². The molecule has 0 radical (unpaired) electrons. The molecule has 0 atom stereocenters. The van der Waals surface area contributed by atoms with Crippen molar-refractivity contribution in [3.05, 3.63) is 144 Å². The van der Waals surface area contributed by atoms with E-state index in [1.165, 1.54) is 76.5 Å². The summed E-state index contributed by atoms with van der Waals surface area (Å²) in [5, 5.41) is 10.4. The number of benzene rings is 7. The number of rotatable bonds is 2. The van der Waals surface area contributed by atoms with Gasteiger partial charge in [0, 0.05) is 5.41 Å². The third kappa shape index (κ3) is 3.12. The maximum atomic E-state index is 2.43. The van der Waals surface area contributed by atoms with E-state index in [2.05, 4.69) is 147 Å². The molecule has 0 heterocycles. The minimum absolute atomic E-state index is 0.0840. The van der Waals surface area contributed by atoms with Crippen LogP contribution in [0, 0.1) is 0 Å². The molecule has 0 spiro atoms. The van der Waals surface area contributed by atoms with Crippen LogP contribution < -0.4 is 0 Å². The van der Waals surface area contributed by atoms with Gasteiger partial charge in [0.25, 0.3) is 0 Å². The van der Waals surface area contributed by atoms with E-state index in [1.54, 1.807) is 0 Å². The molecule has 0 amide bonds. The Morgan fingerprint density at radius 1 is 0.436 bits per heavy atom. The van der Waals surface area contributed by atoms with Gasteiger partial charge < -0.3 is 0 Å². The minimum Gasteiger partial charge on any atom is -0.0619 e. The quantitative estimate of drug-likeness (QED) is 0.165. The average Bonchev–Trinajstić information content (AvgIpc) is 3.25. The first kappa shape index (κ1) is 22.3. The van der Waals surface area contributed by atoms with E-state index in [-0.39, 0.29) is 5.41 Å². The monoisotopic (exact) mass is 496 g/mol. The predicted molar refractivity (Wildman–Crippen MR) is 169 cm³/mol. The standard InChI is InChI=1S/C39H28/c1-39(2)34-21-10-4-13-27(34)24-35(39)38-31-18-8-6-16-29(31)37(30-17-7-9-19-32(30)38)33-20-11-14-26-23-22-25-12-3-5-15-28(25)36(26)33/h3-24H,1-2H3. The molecule has 1 aliphatic carbocycles. The van der Waals surface area contributed by atoms with E-state index < -0.39 is 0 Å². The Kier molecular flexibility index (Phi) is 4.67. The fourth-order valence-electron chi connectivity index (χ4n) is 7.03. The Hall–Kier alpha value is -4.68. The lowest BCUT2D eigenvalue weighted by molar-refractivity contribution is 0.705. The third-order valence-electron chi connectivity index (χ3n) is 8.85. The molecule has 0 fully saturated rings. The second kappa shape index (κ2) is 8.16. The van der Waals surface area contributed by atoms with Crippen LogP contribution in [0.4, 0.5) is 0 Å². The van der Waals surface area contributed by atoms with Gasteiger partial charge in [-0.2, -0.15) is 0 Å². The summed E-state index contributed by atoms with van der Waals surface area (Å²) in [4.78, 5) is 0. The molecule has 184 valence electrons. The molecular weight excluding hydrogens is 468 g/mol. The Morgan fingerprint density at radius 3 is 1.67 bits per heavy atom. The van der Waals surface area contributed by atoms with Crippen LogP contribution in [0.15, 0.2) is 127 Å². The zero-order chi connectivity index (χ0) is 26.1. The molecule has 0 aliphatic heterocycles. The predicted octanol–water partition coefficient (Wildman–Crippen LogP) is 10.8. The molecule has 7 aromatic rings. The second-order valence-electron chi connectivity index (χ2n) is 11.3. The van der Waals surface area contributed by atoms with Gasteiger partial charge in [0.15, 0.2) is 0 Å². The molecular formula is C39H28. The summed E-state index contributed by atoms with van der Waals surface area (Å²) >= 11 is 0. The van der Waals surface area contributed by atoms with Crippen LogP contribution in [0.25, 0.3) is 65.9 Å². The van der Waals surface area contributed by atoms with Crippen molar-refractivity contribution in [2.75, 3.05) is 0 Å². The molecule has 0 saturated carbocycles. The van der Waals surface area contributed by atoms with Crippen LogP contribution in [-0.2, 0) is 5.41 Å². The zero-order valence-corrected chi connectivity index (χ0v) is 22.2. The SMILES string of the molecule is CC1(C)C(c2c3ccccc3c(-c3cccc4ccc5ccccc5c34)c3ccccc23)=Cc2ccccc21. The van der Waals surface area contributed by atoms with Crippen LogP contribution in [0.5, 0.6) is 0 Å². The summed E-state index contributed by atoms with van der Waals surface area (Å²) in [6.45, 7) is 4.75. The van der Waals surface area contributed by atoms with Gasteiger partial charge in [-0.25, -0.2) is 0 Å². The molecule has 0 N–H and O–H groups in total. The third-order valence-corrected chi connectivity index (χ3v) is 8.85. The number of hydrogen-bond acceptors (Lipinski definition) is 0. The van der Waals surface area contributed by atoms with E-state index in [9.17, 15) is 0 Å². The van der Waals surface area contributed by atoms with Crippen LogP contribution in [0.2, 0.25) is 0 Å². The number of hydrogen-bond donors (Lipinski definition) is 0. The highest BCUT2D eigenvalue weighted by Crippen LogP contribution is 2.52. The number of fused-ring (bicyclic) bond motifs is 6. The van der Waals surface area contributed by atoms with Gasteiger partial charge in [-0.05, 0) is 82.6 Å². The smallest absolute Gasteiger partial charge is 0.0159 e. The summed E-state index contributed by atoms with van der Waals surface area (Å²) in [5.41, 5.74) is 8.02. The molecule has 39 heavy (non-hydrogen) atoms. The summed E-state index contributed by atoms with van der Waals surface area (Å²) < 4.78 is 0. The first-order chi connectivity index (χ1) is 19.1. The highest BCUT2D eigenvalue weighted by atomic mass is 14.4. The fourth-order valence-corrected chi connectivity index (χ4v) is 7.03. The highest BCUT2D eigenvalue weighted by molar-refractivity contribution is 6.25. The van der Waals surface area contributed by atoms with Crippen molar-refractivity contribution in [1.82, 2.24) is 0 Å². The van der Waals surface area contributed by atoms with Crippen molar-refractivity contribution >= 4 is 54.7 Å². The van der Waals surface area contributed by atoms with Crippen molar-refractivity contribution in [3.63, 3.8) is 0 Å². The minimum atomic E-state index is -0.0840. The molecule has 8 rings (SSSR count). The Bertz CT molecular complexity index is 2080. The lowest BCUT2D eigenvalue weighted by Crippen LogP contribution is -2.16. The zero-order valence-electron chi connectivity index (χ0n) is 22.2. The van der Waals surface area contributed by atoms with E-state index in [1.807, 2.05) is 0 Å². The summed E-state index contributed by atoms with van der Waals surface area (Å²) in [6, 6.07) is 47.0. The van der Waals surface area contributed by atoms with Crippen LogP contribution >= 0.6 is 0 Å². The Labute approximate surface area is 228 Å². The molecule has 7 aromatic carbocycles. The first-order valence-electron chi connectivity index (χ1n) is 13.8. The van der Waals surface area contributed by atoms with E-state index >= 15 is 0 Å². The summed E-state index contributed by atoms with van der Waals surface area (Å²) in [6.07, 6.45) is 2.43.